The lowest BCUT2D eigenvalue weighted by Crippen LogP contribution is -2.61. The number of amides is 1. The molecule has 4 aliphatic carbocycles. The maximum absolute atomic E-state index is 13.1. The number of hydrogen-bond acceptors (Lipinski definition) is 4. The monoisotopic (exact) mass is 445 g/mol. The second-order valence-corrected chi connectivity index (χ2v) is 12.6. The van der Waals surface area contributed by atoms with E-state index in [-0.39, 0.29) is 11.4 Å². The molecule has 0 spiro atoms. The molecule has 1 aromatic carbocycles. The van der Waals surface area contributed by atoms with E-state index in [0.717, 1.165) is 48.1 Å². The van der Waals surface area contributed by atoms with Crippen molar-refractivity contribution in [3.8, 4) is 0 Å². The van der Waals surface area contributed by atoms with Crippen LogP contribution in [-0.4, -0.2) is 61.8 Å². The molecular weight excluding hydrogens is 410 g/mol. The van der Waals surface area contributed by atoms with Crippen molar-refractivity contribution in [3.63, 3.8) is 0 Å². The number of hydrogen-bond donors (Lipinski definition) is 1. The quantitative estimate of drug-likeness (QED) is 0.757. The summed E-state index contributed by atoms with van der Waals surface area (Å²) in [6.45, 7) is 6.25. The van der Waals surface area contributed by atoms with Crippen LogP contribution in [0.4, 0.5) is 0 Å². The molecule has 4 saturated carbocycles. The number of piperazine rings is 1. The van der Waals surface area contributed by atoms with Gasteiger partial charge in [0.15, 0.2) is 0 Å². The maximum Gasteiger partial charge on any atom is 0.243 e. The second-order valence-electron chi connectivity index (χ2n) is 10.7. The Kier molecular flexibility index (Phi) is 5.42. The average Bonchev–Trinajstić information content (AvgIpc) is 2.66. The van der Waals surface area contributed by atoms with Crippen molar-refractivity contribution in [2.24, 2.45) is 17.8 Å². The predicted octanol–water partition coefficient (Wildman–Crippen LogP) is 2.69. The van der Waals surface area contributed by atoms with Gasteiger partial charge in [-0.25, -0.2) is 8.42 Å². The molecule has 6 rings (SSSR count). The largest absolute Gasteiger partial charge is 0.350 e. The first-order chi connectivity index (χ1) is 14.7. The molecule has 0 aromatic heterocycles. The number of nitrogens with zero attached hydrogens (tertiary/aromatic N) is 2. The summed E-state index contributed by atoms with van der Waals surface area (Å²) in [5, 5.41) is 3.44. The first kappa shape index (κ1) is 21.4. The van der Waals surface area contributed by atoms with Crippen LogP contribution in [0.15, 0.2) is 23.1 Å². The molecule has 4 bridgehead atoms. The van der Waals surface area contributed by atoms with Gasteiger partial charge >= 0.3 is 0 Å². The molecular formula is C24H35N3O3S. The lowest BCUT2D eigenvalue weighted by molar-refractivity contribution is -0.128. The van der Waals surface area contributed by atoms with Gasteiger partial charge in [0, 0.05) is 31.7 Å². The SMILES string of the molecule is Cc1ccc(S(=O)(=O)N2CCN(CC(=O)NC34CC5CC(CC(C5)C3)C4)CC2)c(C)c1. The zero-order valence-electron chi connectivity index (χ0n) is 18.8. The van der Waals surface area contributed by atoms with E-state index in [1.54, 1.807) is 10.4 Å². The Hall–Kier alpha value is -1.44. The average molecular weight is 446 g/mol. The fourth-order valence-electron chi connectivity index (χ4n) is 7.16. The van der Waals surface area contributed by atoms with Crippen molar-refractivity contribution in [1.29, 1.82) is 0 Å². The Balaban J connectivity index is 1.16. The third-order valence-electron chi connectivity index (χ3n) is 8.09. The van der Waals surface area contributed by atoms with E-state index in [1.807, 2.05) is 26.0 Å². The number of nitrogens with one attached hydrogen (secondary N) is 1. The van der Waals surface area contributed by atoms with Crippen molar-refractivity contribution in [2.45, 2.75) is 62.8 Å². The highest BCUT2D eigenvalue weighted by atomic mass is 32.2. The van der Waals surface area contributed by atoms with E-state index in [0.29, 0.717) is 37.6 Å². The van der Waals surface area contributed by atoms with Crippen molar-refractivity contribution in [1.82, 2.24) is 14.5 Å². The van der Waals surface area contributed by atoms with Gasteiger partial charge in [0.2, 0.25) is 15.9 Å². The summed E-state index contributed by atoms with van der Waals surface area (Å²) >= 11 is 0. The van der Waals surface area contributed by atoms with E-state index in [2.05, 4.69) is 10.2 Å². The predicted molar refractivity (Wildman–Crippen MR) is 120 cm³/mol. The van der Waals surface area contributed by atoms with Crippen molar-refractivity contribution < 1.29 is 13.2 Å². The summed E-state index contributed by atoms with van der Waals surface area (Å²) in [5.74, 6) is 2.55. The molecule has 6 nitrogen and oxygen atoms in total. The smallest absolute Gasteiger partial charge is 0.243 e. The van der Waals surface area contributed by atoms with Gasteiger partial charge in [-0.05, 0) is 81.8 Å². The minimum atomic E-state index is -3.49. The molecule has 5 fully saturated rings. The third kappa shape index (κ3) is 4.16. The van der Waals surface area contributed by atoms with Gasteiger partial charge in [-0.15, -0.1) is 0 Å². The number of aryl methyl sites for hydroxylation is 2. The molecule has 1 heterocycles. The molecule has 5 aliphatic rings. The Morgan fingerprint density at radius 1 is 1.00 bits per heavy atom. The van der Waals surface area contributed by atoms with Crippen LogP contribution < -0.4 is 5.32 Å². The van der Waals surface area contributed by atoms with Crippen LogP contribution in [0, 0.1) is 31.6 Å². The number of carbonyl (C=O) groups excluding carboxylic acids is 1. The Morgan fingerprint density at radius 2 is 1.58 bits per heavy atom. The van der Waals surface area contributed by atoms with Crippen LogP contribution in [0.5, 0.6) is 0 Å². The summed E-state index contributed by atoms with van der Waals surface area (Å²) in [6, 6.07) is 5.48. The van der Waals surface area contributed by atoms with Crippen LogP contribution >= 0.6 is 0 Å². The van der Waals surface area contributed by atoms with E-state index in [1.165, 1.54) is 19.3 Å². The molecule has 7 heteroatoms. The summed E-state index contributed by atoms with van der Waals surface area (Å²) in [4.78, 5) is 15.4. The molecule has 1 saturated heterocycles. The van der Waals surface area contributed by atoms with Crippen LogP contribution in [0.3, 0.4) is 0 Å². The Bertz CT molecular complexity index is 931. The normalized spacial score (nSPS) is 33.5. The number of sulfonamides is 1. The summed E-state index contributed by atoms with van der Waals surface area (Å²) < 4.78 is 27.8. The van der Waals surface area contributed by atoms with Crippen LogP contribution in [0.25, 0.3) is 0 Å². The molecule has 0 unspecified atom stereocenters. The van der Waals surface area contributed by atoms with Crippen molar-refractivity contribution in [2.75, 3.05) is 32.7 Å². The van der Waals surface area contributed by atoms with E-state index < -0.39 is 10.0 Å². The van der Waals surface area contributed by atoms with Gasteiger partial charge in [-0.2, -0.15) is 4.31 Å². The van der Waals surface area contributed by atoms with Gasteiger partial charge in [0.1, 0.15) is 0 Å². The van der Waals surface area contributed by atoms with Gasteiger partial charge in [-0.1, -0.05) is 17.7 Å². The molecule has 1 aromatic rings. The Labute approximate surface area is 186 Å². The fraction of sp³-hybridized carbons (Fsp3) is 0.708. The fourth-order valence-corrected chi connectivity index (χ4v) is 8.79. The zero-order chi connectivity index (χ0) is 21.8. The molecule has 0 radical (unpaired) electrons. The topological polar surface area (TPSA) is 69.7 Å². The van der Waals surface area contributed by atoms with E-state index >= 15 is 0 Å². The molecule has 170 valence electrons. The van der Waals surface area contributed by atoms with E-state index in [9.17, 15) is 13.2 Å². The zero-order valence-corrected chi connectivity index (χ0v) is 19.6. The highest BCUT2D eigenvalue weighted by Gasteiger charge is 2.51. The lowest BCUT2D eigenvalue weighted by atomic mass is 9.53. The van der Waals surface area contributed by atoms with Crippen LogP contribution in [0.2, 0.25) is 0 Å². The highest BCUT2D eigenvalue weighted by Crippen LogP contribution is 2.55. The lowest BCUT2D eigenvalue weighted by Gasteiger charge is -2.57. The van der Waals surface area contributed by atoms with Crippen LogP contribution in [0.1, 0.15) is 49.7 Å². The summed E-state index contributed by atoms with van der Waals surface area (Å²) in [5.41, 5.74) is 1.89. The van der Waals surface area contributed by atoms with E-state index in [4.69, 9.17) is 0 Å². The molecule has 31 heavy (non-hydrogen) atoms. The molecule has 1 amide bonds. The van der Waals surface area contributed by atoms with Gasteiger partial charge in [0.05, 0.1) is 11.4 Å². The molecule has 1 aliphatic heterocycles. The van der Waals surface area contributed by atoms with Gasteiger partial charge in [0.25, 0.3) is 0 Å². The van der Waals surface area contributed by atoms with Crippen molar-refractivity contribution >= 4 is 15.9 Å². The third-order valence-corrected chi connectivity index (χ3v) is 10.1. The molecule has 0 atom stereocenters. The first-order valence-electron chi connectivity index (χ1n) is 11.8. The number of rotatable bonds is 5. The molecule has 1 N–H and O–H groups in total. The summed E-state index contributed by atoms with van der Waals surface area (Å²) in [7, 11) is -3.49. The van der Waals surface area contributed by atoms with Gasteiger partial charge in [-0.3, -0.25) is 9.69 Å². The van der Waals surface area contributed by atoms with Gasteiger partial charge < -0.3 is 5.32 Å². The van der Waals surface area contributed by atoms with Crippen molar-refractivity contribution in [3.05, 3.63) is 29.3 Å². The standard InChI is InChI=1S/C24H35N3O3S/c1-17-3-4-22(18(2)9-17)31(29,30)27-7-5-26(6-8-27)16-23(28)25-24-13-19-10-20(14-24)12-21(11-19)15-24/h3-4,9,19-21H,5-8,10-16H2,1-2H3,(H,25,28). The number of carbonyl (C=O) groups is 1. The minimum Gasteiger partial charge on any atom is -0.350 e. The number of benzene rings is 1. The second kappa shape index (κ2) is 7.85. The maximum atomic E-state index is 13.1. The Morgan fingerprint density at radius 3 is 2.13 bits per heavy atom. The highest BCUT2D eigenvalue weighted by molar-refractivity contribution is 7.89. The minimum absolute atomic E-state index is 0.0416. The van der Waals surface area contributed by atoms with Crippen LogP contribution in [-0.2, 0) is 14.8 Å². The summed E-state index contributed by atoms with van der Waals surface area (Å²) in [6.07, 6.45) is 7.58. The first-order valence-corrected chi connectivity index (χ1v) is 13.3.